The molecule has 33 heavy (non-hydrogen) atoms. The van der Waals surface area contributed by atoms with Gasteiger partial charge in [0.1, 0.15) is 10.9 Å². The Bertz CT molecular complexity index is 1410. The van der Waals surface area contributed by atoms with Crippen molar-refractivity contribution in [1.82, 2.24) is 14.7 Å². The molecule has 1 fully saturated rings. The molecule has 1 amide bonds. The Labute approximate surface area is 195 Å². The largest absolute Gasteiger partial charge is 0.349 e. The average Bonchev–Trinajstić information content (AvgIpc) is 2.83. The predicted molar refractivity (Wildman–Crippen MR) is 128 cm³/mol. The van der Waals surface area contributed by atoms with Crippen LogP contribution in [0.3, 0.4) is 0 Å². The van der Waals surface area contributed by atoms with E-state index in [1.807, 2.05) is 18.2 Å². The van der Waals surface area contributed by atoms with Gasteiger partial charge in [-0.3, -0.25) is 14.0 Å². The van der Waals surface area contributed by atoms with Gasteiger partial charge < -0.3 is 11.1 Å². The highest BCUT2D eigenvalue weighted by atomic mass is 35.5. The standard InChI is InChI=1S/C25H24ClN5O2/c26-17-11-9-16(10-12-17)15-31-22(27)19(24(32)28-18-6-2-1-3-7-18)14-20-23(31)29-21-8-4-5-13-30(21)25(20)33/h4-5,8-14,18,27H,1-3,6-7,15H2,(H,28,32)/p+1. The molecule has 3 aromatic heterocycles. The van der Waals surface area contributed by atoms with Gasteiger partial charge in [-0.05, 0) is 48.7 Å². The van der Waals surface area contributed by atoms with Gasteiger partial charge in [0.15, 0.2) is 0 Å². The first-order valence-corrected chi connectivity index (χ1v) is 11.6. The van der Waals surface area contributed by atoms with Gasteiger partial charge >= 0.3 is 0 Å². The van der Waals surface area contributed by atoms with Crippen LogP contribution in [0.5, 0.6) is 0 Å². The lowest BCUT2D eigenvalue weighted by Crippen LogP contribution is -2.44. The van der Waals surface area contributed by atoms with Crippen molar-refractivity contribution in [1.29, 1.82) is 0 Å². The number of anilines is 1. The molecule has 4 aromatic rings. The summed E-state index contributed by atoms with van der Waals surface area (Å²) in [5, 5.41) is 4.09. The van der Waals surface area contributed by atoms with E-state index in [9.17, 15) is 9.59 Å². The zero-order valence-electron chi connectivity index (χ0n) is 18.1. The van der Waals surface area contributed by atoms with Crippen LogP contribution >= 0.6 is 11.6 Å². The van der Waals surface area contributed by atoms with Crippen LogP contribution in [-0.4, -0.2) is 21.3 Å². The minimum absolute atomic E-state index is 0.127. The highest BCUT2D eigenvalue weighted by molar-refractivity contribution is 6.30. The number of aromatic nitrogens is 3. The summed E-state index contributed by atoms with van der Waals surface area (Å²) in [6.07, 6.45) is 6.99. The van der Waals surface area contributed by atoms with Crippen molar-refractivity contribution in [3.8, 4) is 0 Å². The molecule has 0 radical (unpaired) electrons. The van der Waals surface area contributed by atoms with E-state index >= 15 is 0 Å². The van der Waals surface area contributed by atoms with Crippen LogP contribution in [0.1, 0.15) is 48.0 Å². The normalized spacial score (nSPS) is 14.6. The van der Waals surface area contributed by atoms with Gasteiger partial charge in [0, 0.05) is 17.3 Å². The Balaban J connectivity index is 1.68. The van der Waals surface area contributed by atoms with E-state index in [4.69, 9.17) is 22.3 Å². The number of carbonyl (C=O) groups is 1. The highest BCUT2D eigenvalue weighted by Gasteiger charge is 2.26. The summed E-state index contributed by atoms with van der Waals surface area (Å²) in [5.74, 6) is 0.0154. The van der Waals surface area contributed by atoms with Crippen LogP contribution in [0.15, 0.2) is 59.5 Å². The number of hydrogen-bond acceptors (Lipinski definition) is 4. The summed E-state index contributed by atoms with van der Waals surface area (Å²) in [5.41, 5.74) is 8.48. The number of halogens is 1. The molecular weight excluding hydrogens is 438 g/mol. The molecule has 8 heteroatoms. The molecule has 3 N–H and O–H groups in total. The van der Waals surface area contributed by atoms with E-state index < -0.39 is 0 Å². The van der Waals surface area contributed by atoms with Crippen LogP contribution in [0.4, 0.5) is 5.82 Å². The summed E-state index contributed by atoms with van der Waals surface area (Å²) < 4.78 is 3.22. The first-order chi connectivity index (χ1) is 16.0. The predicted octanol–water partition coefficient (Wildman–Crippen LogP) is 3.48. The molecule has 0 saturated heterocycles. The number of nitrogens with zero attached hydrogens (tertiary/aromatic N) is 3. The molecular formula is C25H25ClN5O2+. The van der Waals surface area contributed by atoms with Crippen molar-refractivity contribution in [3.05, 3.63) is 81.2 Å². The van der Waals surface area contributed by atoms with Crippen LogP contribution in [0.25, 0.3) is 16.7 Å². The van der Waals surface area contributed by atoms with Crippen molar-refractivity contribution >= 4 is 40.0 Å². The third-order valence-electron chi connectivity index (χ3n) is 6.30. The van der Waals surface area contributed by atoms with Gasteiger partial charge in [0.2, 0.25) is 11.5 Å². The molecule has 5 rings (SSSR count). The van der Waals surface area contributed by atoms with Gasteiger partial charge in [-0.1, -0.05) is 54.0 Å². The number of rotatable bonds is 4. The minimum Gasteiger partial charge on any atom is -0.349 e. The van der Waals surface area contributed by atoms with Gasteiger partial charge in [-0.15, -0.1) is 0 Å². The number of nitrogen functional groups attached to an aromatic ring is 1. The second-order valence-corrected chi connectivity index (χ2v) is 8.98. The lowest BCUT2D eigenvalue weighted by Gasteiger charge is -2.23. The third kappa shape index (κ3) is 4.16. The second-order valence-electron chi connectivity index (χ2n) is 8.55. The van der Waals surface area contributed by atoms with Crippen LogP contribution in [-0.2, 0) is 6.54 Å². The average molecular weight is 463 g/mol. The maximum Gasteiger partial charge on any atom is 0.278 e. The van der Waals surface area contributed by atoms with Gasteiger partial charge in [-0.2, -0.15) is 0 Å². The summed E-state index contributed by atoms with van der Waals surface area (Å²) in [6, 6.07) is 14.5. The van der Waals surface area contributed by atoms with Gasteiger partial charge in [0.25, 0.3) is 17.1 Å². The molecule has 0 aliphatic heterocycles. The first kappa shape index (κ1) is 21.4. The molecule has 1 saturated carbocycles. The highest BCUT2D eigenvalue weighted by Crippen LogP contribution is 2.20. The number of hydrogen-bond donors (Lipinski definition) is 2. The zero-order chi connectivity index (χ0) is 22.9. The van der Waals surface area contributed by atoms with E-state index in [1.54, 1.807) is 41.1 Å². The molecule has 0 bridgehead atoms. The van der Waals surface area contributed by atoms with Crippen molar-refractivity contribution < 1.29 is 9.36 Å². The number of nitrogens with one attached hydrogen (secondary N) is 1. The summed E-state index contributed by atoms with van der Waals surface area (Å²) in [6.45, 7) is 0.347. The van der Waals surface area contributed by atoms with Crippen molar-refractivity contribution in [3.63, 3.8) is 0 Å². The molecule has 1 aromatic carbocycles. The Hall–Kier alpha value is -3.45. The first-order valence-electron chi connectivity index (χ1n) is 11.2. The summed E-state index contributed by atoms with van der Waals surface area (Å²) in [4.78, 5) is 31.3. The molecule has 0 atom stereocenters. The number of carbonyl (C=O) groups excluding carboxylic acids is 1. The Morgan fingerprint density at radius 1 is 1.15 bits per heavy atom. The summed E-state index contributed by atoms with van der Waals surface area (Å²) >= 11 is 6.05. The smallest absolute Gasteiger partial charge is 0.278 e. The van der Waals surface area contributed by atoms with Gasteiger partial charge in [0.05, 0.1) is 6.54 Å². The molecule has 3 heterocycles. The van der Waals surface area contributed by atoms with Crippen molar-refractivity contribution in [2.24, 2.45) is 0 Å². The molecule has 1 aliphatic rings. The molecule has 7 nitrogen and oxygen atoms in total. The molecule has 168 valence electrons. The maximum atomic E-state index is 13.3. The topological polar surface area (TPSA) is 93.4 Å². The monoisotopic (exact) mass is 462 g/mol. The van der Waals surface area contributed by atoms with E-state index in [1.165, 1.54) is 10.8 Å². The second kappa shape index (κ2) is 8.83. The van der Waals surface area contributed by atoms with Crippen LogP contribution < -0.4 is 21.2 Å². The number of amides is 1. The van der Waals surface area contributed by atoms with E-state index in [0.29, 0.717) is 28.2 Å². The SMILES string of the molecule is Nc1c(C(=O)NC2CCCCC2)cc2c(=O)n3ccccc3nc2[n+]1Cc1ccc(Cl)cc1. The lowest BCUT2D eigenvalue weighted by molar-refractivity contribution is -0.649. The van der Waals surface area contributed by atoms with Crippen LogP contribution in [0, 0.1) is 0 Å². The van der Waals surface area contributed by atoms with E-state index in [0.717, 1.165) is 31.2 Å². The third-order valence-corrected chi connectivity index (χ3v) is 6.55. The van der Waals surface area contributed by atoms with Gasteiger partial charge in [-0.25, -0.2) is 4.57 Å². The fraction of sp³-hybridized carbons (Fsp3) is 0.280. The van der Waals surface area contributed by atoms with E-state index in [2.05, 4.69) is 5.32 Å². The number of nitrogens with two attached hydrogens (primary N) is 1. The molecule has 1 aliphatic carbocycles. The molecule has 0 unspecified atom stereocenters. The Kier molecular flexibility index (Phi) is 5.72. The van der Waals surface area contributed by atoms with E-state index in [-0.39, 0.29) is 28.9 Å². The lowest BCUT2D eigenvalue weighted by atomic mass is 9.95. The van der Waals surface area contributed by atoms with Crippen molar-refractivity contribution in [2.75, 3.05) is 5.73 Å². The quantitative estimate of drug-likeness (QED) is 0.358. The number of pyridine rings is 2. The number of benzene rings is 1. The fourth-order valence-corrected chi connectivity index (χ4v) is 4.65. The fourth-order valence-electron chi connectivity index (χ4n) is 4.53. The molecule has 0 spiro atoms. The van der Waals surface area contributed by atoms with Crippen molar-refractivity contribution in [2.45, 2.75) is 44.7 Å². The number of fused-ring (bicyclic) bond motifs is 2. The zero-order valence-corrected chi connectivity index (χ0v) is 18.9. The Morgan fingerprint density at radius 2 is 1.91 bits per heavy atom. The minimum atomic E-state index is -0.260. The maximum absolute atomic E-state index is 13.3. The van der Waals surface area contributed by atoms with Crippen LogP contribution in [0.2, 0.25) is 5.02 Å². The Morgan fingerprint density at radius 3 is 2.67 bits per heavy atom. The summed E-state index contributed by atoms with van der Waals surface area (Å²) in [7, 11) is 0.